The summed E-state index contributed by atoms with van der Waals surface area (Å²) in [6, 6.07) is 4.13. The standard InChI is InChI=1S/C18H31N2O3/c1-19-7-3-17(4-8-19)15-22-13-11-21-12-14-23-16-18-5-9-20(2)10-6-18/h3-4,7-8,18H,5-6,9-16H2,1-2H3/q+1. The number of hydrogen-bond acceptors (Lipinski definition) is 4. The fourth-order valence-electron chi connectivity index (χ4n) is 2.63. The van der Waals surface area contributed by atoms with Crippen LogP contribution >= 0.6 is 0 Å². The second-order valence-corrected chi connectivity index (χ2v) is 6.36. The van der Waals surface area contributed by atoms with E-state index >= 15 is 0 Å². The van der Waals surface area contributed by atoms with Crippen LogP contribution in [0.2, 0.25) is 0 Å². The van der Waals surface area contributed by atoms with Gasteiger partial charge < -0.3 is 19.1 Å². The Labute approximate surface area is 140 Å². The molecule has 0 aromatic carbocycles. The maximum absolute atomic E-state index is 5.71. The first kappa shape index (κ1) is 18.3. The number of ether oxygens (including phenoxy) is 3. The van der Waals surface area contributed by atoms with Gasteiger partial charge in [-0.25, -0.2) is 4.57 Å². The quantitative estimate of drug-likeness (QED) is 0.482. The van der Waals surface area contributed by atoms with Crippen molar-refractivity contribution in [2.45, 2.75) is 19.4 Å². The number of aromatic nitrogens is 1. The van der Waals surface area contributed by atoms with Crippen LogP contribution in [0, 0.1) is 5.92 Å². The van der Waals surface area contributed by atoms with Crippen molar-refractivity contribution in [2.24, 2.45) is 13.0 Å². The fraction of sp³-hybridized carbons (Fsp3) is 0.722. The van der Waals surface area contributed by atoms with E-state index in [9.17, 15) is 0 Å². The summed E-state index contributed by atoms with van der Waals surface area (Å²) in [5.41, 5.74) is 1.18. The molecule has 130 valence electrons. The minimum absolute atomic E-state index is 0.621. The molecule has 0 N–H and O–H groups in total. The van der Waals surface area contributed by atoms with Crippen LogP contribution < -0.4 is 4.57 Å². The molecule has 1 saturated heterocycles. The van der Waals surface area contributed by atoms with Crippen molar-refractivity contribution in [1.82, 2.24) is 4.90 Å². The molecule has 0 unspecified atom stereocenters. The molecule has 0 aliphatic carbocycles. The molecule has 1 fully saturated rings. The lowest BCUT2D eigenvalue weighted by Gasteiger charge is -2.28. The highest BCUT2D eigenvalue weighted by molar-refractivity contribution is 5.05. The maximum Gasteiger partial charge on any atom is 0.168 e. The van der Waals surface area contributed by atoms with Crippen LogP contribution in [0.25, 0.3) is 0 Å². The van der Waals surface area contributed by atoms with Gasteiger partial charge >= 0.3 is 0 Å². The van der Waals surface area contributed by atoms with Gasteiger partial charge in [0.25, 0.3) is 0 Å². The van der Waals surface area contributed by atoms with Crippen molar-refractivity contribution in [1.29, 1.82) is 0 Å². The number of hydrogen-bond donors (Lipinski definition) is 0. The largest absolute Gasteiger partial charge is 0.379 e. The van der Waals surface area contributed by atoms with Gasteiger partial charge in [0.15, 0.2) is 12.4 Å². The normalized spacial score (nSPS) is 16.8. The van der Waals surface area contributed by atoms with Crippen LogP contribution in [0.3, 0.4) is 0 Å². The van der Waals surface area contributed by atoms with Gasteiger partial charge in [0.05, 0.1) is 33.0 Å². The van der Waals surface area contributed by atoms with Crippen LogP contribution in [0.5, 0.6) is 0 Å². The summed E-state index contributed by atoms with van der Waals surface area (Å²) in [6.45, 7) is 6.48. The number of likely N-dealkylation sites (tertiary alicyclic amines) is 1. The molecule has 0 radical (unpaired) electrons. The third-order valence-electron chi connectivity index (χ3n) is 4.25. The molecule has 0 atom stereocenters. The van der Waals surface area contributed by atoms with Crippen molar-refractivity contribution < 1.29 is 18.8 Å². The molecule has 2 heterocycles. The van der Waals surface area contributed by atoms with E-state index in [-0.39, 0.29) is 0 Å². The van der Waals surface area contributed by atoms with Gasteiger partial charge in [-0.05, 0) is 44.5 Å². The molecule has 1 aliphatic rings. The molecular formula is C18H31N2O3+. The van der Waals surface area contributed by atoms with Crippen molar-refractivity contribution in [3.05, 3.63) is 30.1 Å². The van der Waals surface area contributed by atoms with Gasteiger partial charge in [0.2, 0.25) is 0 Å². The van der Waals surface area contributed by atoms with Crippen LogP contribution in [0.15, 0.2) is 24.5 Å². The number of pyridine rings is 1. The van der Waals surface area contributed by atoms with Crippen molar-refractivity contribution in [3.63, 3.8) is 0 Å². The van der Waals surface area contributed by atoms with Gasteiger partial charge in [0.1, 0.15) is 7.05 Å². The Morgan fingerprint density at radius 2 is 1.61 bits per heavy atom. The lowest BCUT2D eigenvalue weighted by atomic mass is 9.98. The van der Waals surface area contributed by atoms with Gasteiger partial charge in [0, 0.05) is 18.7 Å². The molecule has 2 rings (SSSR count). The smallest absolute Gasteiger partial charge is 0.168 e. The highest BCUT2D eigenvalue weighted by Gasteiger charge is 2.16. The fourth-order valence-corrected chi connectivity index (χ4v) is 2.63. The minimum atomic E-state index is 0.621. The molecule has 5 heteroatoms. The molecule has 23 heavy (non-hydrogen) atoms. The Bertz CT molecular complexity index is 417. The summed E-state index contributed by atoms with van der Waals surface area (Å²) in [6.07, 6.45) is 6.55. The van der Waals surface area contributed by atoms with E-state index in [0.29, 0.717) is 33.0 Å². The van der Waals surface area contributed by atoms with Crippen molar-refractivity contribution in [3.8, 4) is 0 Å². The van der Waals surface area contributed by atoms with Crippen LogP contribution in [0.4, 0.5) is 0 Å². The molecule has 1 aromatic rings. The monoisotopic (exact) mass is 323 g/mol. The van der Waals surface area contributed by atoms with E-state index in [4.69, 9.17) is 14.2 Å². The number of aryl methyl sites for hydroxylation is 1. The number of rotatable bonds is 10. The zero-order valence-electron chi connectivity index (χ0n) is 14.6. The summed E-state index contributed by atoms with van der Waals surface area (Å²) in [5, 5.41) is 0. The Kier molecular flexibility index (Phi) is 8.53. The number of piperidine rings is 1. The molecule has 1 aromatic heterocycles. The molecule has 0 saturated carbocycles. The van der Waals surface area contributed by atoms with Crippen molar-refractivity contribution in [2.75, 3.05) is 53.2 Å². The van der Waals surface area contributed by atoms with Gasteiger partial charge in [-0.1, -0.05) is 0 Å². The molecule has 0 spiro atoms. The number of nitrogens with zero attached hydrogens (tertiary/aromatic N) is 2. The third-order valence-corrected chi connectivity index (χ3v) is 4.25. The summed E-state index contributed by atoms with van der Waals surface area (Å²) < 4.78 is 18.8. The average Bonchev–Trinajstić information content (AvgIpc) is 2.56. The highest BCUT2D eigenvalue weighted by Crippen LogP contribution is 2.15. The van der Waals surface area contributed by atoms with E-state index in [1.54, 1.807) is 0 Å². The zero-order valence-corrected chi connectivity index (χ0v) is 14.6. The van der Waals surface area contributed by atoms with E-state index in [1.165, 1.54) is 31.5 Å². The SMILES string of the molecule is CN1CCC(COCCOCCOCc2cc[n+](C)cc2)CC1. The summed E-state index contributed by atoms with van der Waals surface area (Å²) >= 11 is 0. The lowest BCUT2D eigenvalue weighted by molar-refractivity contribution is -0.671. The summed E-state index contributed by atoms with van der Waals surface area (Å²) in [7, 11) is 4.19. The minimum Gasteiger partial charge on any atom is -0.379 e. The first-order valence-corrected chi connectivity index (χ1v) is 8.60. The maximum atomic E-state index is 5.71. The topological polar surface area (TPSA) is 34.8 Å². The van der Waals surface area contributed by atoms with E-state index < -0.39 is 0 Å². The molecule has 0 amide bonds. The zero-order chi connectivity index (χ0) is 16.3. The Hall–Kier alpha value is -1.01. The highest BCUT2D eigenvalue weighted by atomic mass is 16.5. The second kappa shape index (κ2) is 10.7. The Morgan fingerprint density at radius 3 is 2.30 bits per heavy atom. The van der Waals surface area contributed by atoms with Gasteiger partial charge in [-0.2, -0.15) is 0 Å². The van der Waals surface area contributed by atoms with E-state index in [1.807, 2.05) is 24.0 Å². The van der Waals surface area contributed by atoms with E-state index in [2.05, 4.69) is 24.1 Å². The predicted octanol–water partition coefficient (Wildman–Crippen LogP) is 1.40. The molecule has 5 nitrogen and oxygen atoms in total. The molecule has 0 bridgehead atoms. The van der Waals surface area contributed by atoms with Gasteiger partial charge in [-0.3, -0.25) is 0 Å². The first-order chi connectivity index (χ1) is 11.2. The predicted molar refractivity (Wildman–Crippen MR) is 89.1 cm³/mol. The van der Waals surface area contributed by atoms with Gasteiger partial charge in [-0.15, -0.1) is 0 Å². The van der Waals surface area contributed by atoms with Crippen LogP contribution in [-0.4, -0.2) is 58.1 Å². The third kappa shape index (κ3) is 7.88. The summed E-state index contributed by atoms with van der Waals surface area (Å²) in [5.74, 6) is 0.724. The Morgan fingerprint density at radius 1 is 1.00 bits per heavy atom. The second-order valence-electron chi connectivity index (χ2n) is 6.36. The lowest BCUT2D eigenvalue weighted by Crippen LogP contribution is -2.32. The van der Waals surface area contributed by atoms with Crippen LogP contribution in [0.1, 0.15) is 18.4 Å². The Balaban J connectivity index is 1.37. The summed E-state index contributed by atoms with van der Waals surface area (Å²) in [4.78, 5) is 2.38. The average molecular weight is 323 g/mol. The first-order valence-electron chi connectivity index (χ1n) is 8.60. The van der Waals surface area contributed by atoms with E-state index in [0.717, 1.165) is 12.5 Å². The molecular weight excluding hydrogens is 292 g/mol. The molecule has 1 aliphatic heterocycles. The van der Waals surface area contributed by atoms with Crippen LogP contribution in [-0.2, 0) is 27.9 Å². The van der Waals surface area contributed by atoms with Crippen molar-refractivity contribution >= 4 is 0 Å².